The molecule has 0 spiro atoms. The largest absolute Gasteiger partial charge is 0.489 e. The van der Waals surface area contributed by atoms with Gasteiger partial charge in [-0.25, -0.2) is 8.78 Å². The molecule has 2 nitrogen and oxygen atoms in total. The van der Waals surface area contributed by atoms with Crippen LogP contribution >= 0.6 is 0 Å². The van der Waals surface area contributed by atoms with Crippen LogP contribution in [0.4, 0.5) is 8.78 Å². The number of hydrogen-bond acceptors (Lipinski definition) is 2. The molecule has 0 saturated carbocycles. The Hall–Kier alpha value is -3.01. The van der Waals surface area contributed by atoms with Crippen molar-refractivity contribution in [2.45, 2.75) is 6.61 Å². The predicted molar refractivity (Wildman–Crippen MR) is 88.0 cm³/mol. The first-order valence-electron chi connectivity index (χ1n) is 7.39. The van der Waals surface area contributed by atoms with Crippen molar-refractivity contribution in [2.75, 3.05) is 0 Å². The Morgan fingerprint density at radius 1 is 0.917 bits per heavy atom. The number of aldehydes is 1. The lowest BCUT2D eigenvalue weighted by Crippen LogP contribution is -1.96. The zero-order chi connectivity index (χ0) is 16.9. The van der Waals surface area contributed by atoms with Gasteiger partial charge in [-0.3, -0.25) is 4.79 Å². The molecule has 0 N–H and O–H groups in total. The lowest BCUT2D eigenvalue weighted by Gasteiger charge is -2.10. The lowest BCUT2D eigenvalue weighted by atomic mass is 9.99. The molecule has 0 unspecified atom stereocenters. The van der Waals surface area contributed by atoms with Gasteiger partial charge in [0, 0.05) is 17.2 Å². The highest BCUT2D eigenvalue weighted by Crippen LogP contribution is 2.28. The Labute approximate surface area is 138 Å². The number of hydrogen-bond donors (Lipinski definition) is 0. The molecule has 0 aliphatic rings. The second-order valence-electron chi connectivity index (χ2n) is 5.27. The molecule has 3 rings (SSSR count). The smallest absolute Gasteiger partial charge is 0.150 e. The molecular weight excluding hydrogens is 310 g/mol. The molecular formula is C20H14F2O2. The van der Waals surface area contributed by atoms with E-state index in [0.29, 0.717) is 24.2 Å². The third-order valence-corrected chi connectivity index (χ3v) is 3.60. The maximum Gasteiger partial charge on any atom is 0.150 e. The third kappa shape index (κ3) is 3.49. The number of ether oxygens (including phenoxy) is 1. The van der Waals surface area contributed by atoms with Crippen molar-refractivity contribution < 1.29 is 18.3 Å². The Kier molecular flexibility index (Phi) is 4.66. The standard InChI is InChI=1S/C20H14F2O2/c21-17-10-16(12-23)20(19(22)11-17)15-6-8-18(9-7-15)24-13-14-4-2-1-3-5-14/h1-12H,13H2. The van der Waals surface area contributed by atoms with Gasteiger partial charge in [0.15, 0.2) is 6.29 Å². The third-order valence-electron chi connectivity index (χ3n) is 3.60. The van der Waals surface area contributed by atoms with Gasteiger partial charge in [-0.1, -0.05) is 42.5 Å². The quantitative estimate of drug-likeness (QED) is 0.616. The van der Waals surface area contributed by atoms with Gasteiger partial charge in [0.1, 0.15) is 24.0 Å². The number of rotatable bonds is 5. The molecule has 0 bridgehead atoms. The minimum absolute atomic E-state index is 0.0227. The summed E-state index contributed by atoms with van der Waals surface area (Å²) < 4.78 is 32.9. The highest BCUT2D eigenvalue weighted by atomic mass is 19.1. The van der Waals surface area contributed by atoms with Crippen molar-refractivity contribution in [1.82, 2.24) is 0 Å². The Morgan fingerprint density at radius 2 is 1.62 bits per heavy atom. The van der Waals surface area contributed by atoms with E-state index in [4.69, 9.17) is 4.74 Å². The predicted octanol–water partition coefficient (Wildman–Crippen LogP) is 5.02. The average Bonchev–Trinajstić information content (AvgIpc) is 2.61. The van der Waals surface area contributed by atoms with E-state index in [1.165, 1.54) is 0 Å². The molecule has 3 aromatic carbocycles. The van der Waals surface area contributed by atoms with Gasteiger partial charge in [0.2, 0.25) is 0 Å². The SMILES string of the molecule is O=Cc1cc(F)cc(F)c1-c1ccc(OCc2ccccc2)cc1. The van der Waals surface area contributed by atoms with Crippen LogP contribution in [0.25, 0.3) is 11.1 Å². The lowest BCUT2D eigenvalue weighted by molar-refractivity contribution is 0.112. The number of carbonyl (C=O) groups is 1. The van der Waals surface area contributed by atoms with E-state index in [2.05, 4.69) is 0 Å². The maximum absolute atomic E-state index is 14.0. The zero-order valence-corrected chi connectivity index (χ0v) is 12.7. The Balaban J connectivity index is 1.81. The maximum atomic E-state index is 14.0. The Morgan fingerprint density at radius 3 is 2.29 bits per heavy atom. The molecule has 0 radical (unpaired) electrons. The average molecular weight is 324 g/mol. The minimum atomic E-state index is -0.777. The van der Waals surface area contributed by atoms with Crippen LogP contribution in [-0.2, 0) is 6.61 Å². The zero-order valence-electron chi connectivity index (χ0n) is 12.7. The van der Waals surface area contributed by atoms with E-state index in [1.54, 1.807) is 24.3 Å². The van der Waals surface area contributed by atoms with Crippen molar-refractivity contribution in [3.8, 4) is 16.9 Å². The summed E-state index contributed by atoms with van der Waals surface area (Å²) in [6.07, 6.45) is 0.446. The highest BCUT2D eigenvalue weighted by Gasteiger charge is 2.13. The van der Waals surface area contributed by atoms with Crippen molar-refractivity contribution >= 4 is 6.29 Å². The Bertz CT molecular complexity index is 844. The minimum Gasteiger partial charge on any atom is -0.489 e. The van der Waals surface area contributed by atoms with Crippen LogP contribution < -0.4 is 4.74 Å². The second-order valence-corrected chi connectivity index (χ2v) is 5.27. The van der Waals surface area contributed by atoms with Gasteiger partial charge < -0.3 is 4.74 Å². The number of halogens is 2. The van der Waals surface area contributed by atoms with E-state index in [0.717, 1.165) is 17.7 Å². The van der Waals surface area contributed by atoms with Gasteiger partial charge in [-0.2, -0.15) is 0 Å². The van der Waals surface area contributed by atoms with Crippen molar-refractivity contribution in [2.24, 2.45) is 0 Å². The van der Waals surface area contributed by atoms with Crippen LogP contribution in [0, 0.1) is 11.6 Å². The molecule has 0 aliphatic heterocycles. The first-order valence-corrected chi connectivity index (χ1v) is 7.39. The van der Waals surface area contributed by atoms with Crippen molar-refractivity contribution in [1.29, 1.82) is 0 Å². The van der Waals surface area contributed by atoms with Gasteiger partial charge in [0.25, 0.3) is 0 Å². The van der Waals surface area contributed by atoms with Crippen LogP contribution in [-0.4, -0.2) is 6.29 Å². The van der Waals surface area contributed by atoms with E-state index in [1.807, 2.05) is 30.3 Å². The molecule has 0 aliphatic carbocycles. The number of carbonyl (C=O) groups excluding carboxylic acids is 1. The molecule has 3 aromatic rings. The van der Waals surface area contributed by atoms with Crippen LogP contribution in [0.3, 0.4) is 0 Å². The van der Waals surface area contributed by atoms with E-state index in [9.17, 15) is 13.6 Å². The van der Waals surface area contributed by atoms with Crippen LogP contribution in [0.1, 0.15) is 15.9 Å². The first kappa shape index (κ1) is 15.9. The molecule has 0 amide bonds. The second kappa shape index (κ2) is 7.04. The van der Waals surface area contributed by atoms with Gasteiger partial charge in [0.05, 0.1) is 0 Å². The van der Waals surface area contributed by atoms with Gasteiger partial charge in [-0.15, -0.1) is 0 Å². The number of benzene rings is 3. The molecule has 4 heteroatoms. The summed E-state index contributed by atoms with van der Waals surface area (Å²) >= 11 is 0. The van der Waals surface area contributed by atoms with Gasteiger partial charge in [-0.05, 0) is 29.3 Å². The molecule has 120 valence electrons. The fraction of sp³-hybridized carbons (Fsp3) is 0.0500. The first-order chi connectivity index (χ1) is 11.7. The molecule has 24 heavy (non-hydrogen) atoms. The fourth-order valence-electron chi connectivity index (χ4n) is 2.45. The summed E-state index contributed by atoms with van der Waals surface area (Å²) in [5.41, 5.74) is 1.59. The van der Waals surface area contributed by atoms with Gasteiger partial charge >= 0.3 is 0 Å². The molecule has 0 atom stereocenters. The summed E-state index contributed by atoms with van der Waals surface area (Å²) in [4.78, 5) is 11.1. The van der Waals surface area contributed by atoms with E-state index >= 15 is 0 Å². The molecule has 0 heterocycles. The van der Waals surface area contributed by atoms with Crippen molar-refractivity contribution in [3.05, 3.63) is 89.5 Å². The topological polar surface area (TPSA) is 26.3 Å². The van der Waals surface area contributed by atoms with Crippen molar-refractivity contribution in [3.63, 3.8) is 0 Å². The fourth-order valence-corrected chi connectivity index (χ4v) is 2.45. The summed E-state index contributed by atoms with van der Waals surface area (Å²) in [5.74, 6) is -0.922. The van der Waals surface area contributed by atoms with Crippen LogP contribution in [0.2, 0.25) is 0 Å². The highest BCUT2D eigenvalue weighted by molar-refractivity contribution is 5.87. The monoisotopic (exact) mass is 324 g/mol. The molecule has 0 saturated heterocycles. The molecule has 0 fully saturated rings. The summed E-state index contributed by atoms with van der Waals surface area (Å²) in [7, 11) is 0. The van der Waals surface area contributed by atoms with E-state index < -0.39 is 11.6 Å². The molecule has 0 aromatic heterocycles. The van der Waals surface area contributed by atoms with Crippen LogP contribution in [0.15, 0.2) is 66.7 Å². The van der Waals surface area contributed by atoms with Crippen LogP contribution in [0.5, 0.6) is 5.75 Å². The normalized spacial score (nSPS) is 10.4. The summed E-state index contributed by atoms with van der Waals surface area (Å²) in [6, 6.07) is 18.2. The summed E-state index contributed by atoms with van der Waals surface area (Å²) in [5, 5.41) is 0. The summed E-state index contributed by atoms with van der Waals surface area (Å²) in [6.45, 7) is 0.421. The van der Waals surface area contributed by atoms with E-state index in [-0.39, 0.29) is 11.1 Å².